The number of hydrogen-bond acceptors (Lipinski definition) is 3. The number of hydrogen-bond donors (Lipinski definition) is 0. The Morgan fingerprint density at radius 1 is 0.744 bits per heavy atom. The van der Waals surface area contributed by atoms with Gasteiger partial charge in [0, 0.05) is 23.9 Å². The van der Waals surface area contributed by atoms with E-state index in [-0.39, 0.29) is 0 Å². The summed E-state index contributed by atoms with van der Waals surface area (Å²) in [5.74, 6) is 2.55. The monoisotopic (exact) mass is 581 g/mol. The highest BCUT2D eigenvalue weighted by Gasteiger charge is 2.19. The third-order valence-electron chi connectivity index (χ3n) is 8.57. The summed E-state index contributed by atoms with van der Waals surface area (Å²) >= 11 is 0. The van der Waals surface area contributed by atoms with E-state index in [9.17, 15) is 0 Å². The zero-order valence-electron chi connectivity index (χ0n) is 27.8. The van der Waals surface area contributed by atoms with Crippen LogP contribution in [0.25, 0.3) is 27.8 Å². The molecule has 0 saturated heterocycles. The van der Waals surface area contributed by atoms with E-state index < -0.39 is 0 Å². The molecule has 0 N–H and O–H groups in total. The first-order chi connectivity index (χ1) is 20.9. The number of benzene rings is 3. The van der Waals surface area contributed by atoms with E-state index in [2.05, 4.69) is 102 Å². The van der Waals surface area contributed by atoms with Crippen LogP contribution >= 0.6 is 0 Å². The summed E-state index contributed by atoms with van der Waals surface area (Å²) in [6.07, 6.45) is 10.4. The second-order valence-electron chi connectivity index (χ2n) is 13.3. The van der Waals surface area contributed by atoms with Crippen molar-refractivity contribution in [3.05, 3.63) is 76.8 Å². The molecule has 0 aromatic heterocycles. The lowest BCUT2D eigenvalue weighted by Crippen LogP contribution is -2.31. The highest BCUT2D eigenvalue weighted by atomic mass is 16.5. The first-order valence-electron chi connectivity index (χ1n) is 17.0. The van der Waals surface area contributed by atoms with Crippen LogP contribution in [0.15, 0.2) is 65.7 Å². The lowest BCUT2D eigenvalue weighted by Gasteiger charge is -2.18. The van der Waals surface area contributed by atoms with E-state index in [4.69, 9.17) is 14.5 Å². The average molecular weight is 582 g/mol. The molecule has 0 aliphatic carbocycles. The minimum Gasteiger partial charge on any atom is -0.493 e. The van der Waals surface area contributed by atoms with E-state index in [0.717, 1.165) is 37.3 Å². The molecule has 0 amide bonds. The van der Waals surface area contributed by atoms with Gasteiger partial charge in [0.1, 0.15) is 5.75 Å². The SMILES string of the molecule is CCCCCCCCC1CCN=c2c(-c3ccc(COCC(C)C)cc3)ccc(-c3ccc(OCC(C)C)cc3)c2=C1C. The topological polar surface area (TPSA) is 30.8 Å². The quantitative estimate of drug-likeness (QED) is 0.158. The summed E-state index contributed by atoms with van der Waals surface area (Å²) in [6, 6.07) is 22.2. The second-order valence-corrected chi connectivity index (χ2v) is 13.3. The van der Waals surface area contributed by atoms with Gasteiger partial charge in [0.05, 0.1) is 18.6 Å². The summed E-state index contributed by atoms with van der Waals surface area (Å²) < 4.78 is 11.9. The minimum atomic E-state index is 0.507. The predicted octanol–water partition coefficient (Wildman–Crippen LogP) is 9.79. The highest BCUT2D eigenvalue weighted by molar-refractivity contribution is 5.74. The summed E-state index contributed by atoms with van der Waals surface area (Å²) in [7, 11) is 0. The number of fused-ring (bicyclic) bond motifs is 1. The van der Waals surface area contributed by atoms with Crippen molar-refractivity contribution in [1.29, 1.82) is 0 Å². The molecule has 3 heteroatoms. The predicted molar refractivity (Wildman–Crippen MR) is 183 cm³/mol. The van der Waals surface area contributed by atoms with Crippen molar-refractivity contribution in [2.24, 2.45) is 22.7 Å². The minimum absolute atomic E-state index is 0.507. The molecule has 4 rings (SSSR count). The molecule has 3 aromatic carbocycles. The largest absolute Gasteiger partial charge is 0.493 e. The fourth-order valence-corrected chi connectivity index (χ4v) is 6.10. The Bertz CT molecular complexity index is 1390. The lowest BCUT2D eigenvalue weighted by atomic mass is 9.87. The Morgan fingerprint density at radius 2 is 1.37 bits per heavy atom. The van der Waals surface area contributed by atoms with Crippen LogP contribution in [0, 0.1) is 17.8 Å². The molecule has 0 fully saturated rings. The standard InChI is InChI=1S/C40H55NO2/c1-7-8-9-10-11-12-13-33-24-25-41-40-38(35-16-14-32(15-17-35)28-42-26-29(2)3)23-22-37(39(40)31(33)6)34-18-20-36(21-19-34)43-27-30(4)5/h14-23,29-30,33H,7-13,24-28H2,1-6H3. The Balaban J connectivity index is 1.70. The van der Waals surface area contributed by atoms with Crippen molar-refractivity contribution in [1.82, 2.24) is 0 Å². The molecule has 3 aromatic rings. The van der Waals surface area contributed by atoms with Crippen LogP contribution in [-0.2, 0) is 11.3 Å². The molecule has 1 atom stereocenters. The first-order valence-corrected chi connectivity index (χ1v) is 17.0. The Morgan fingerprint density at radius 3 is 2.07 bits per heavy atom. The van der Waals surface area contributed by atoms with E-state index in [1.807, 2.05) is 0 Å². The van der Waals surface area contributed by atoms with E-state index in [1.165, 1.54) is 83.6 Å². The molecule has 0 spiro atoms. The van der Waals surface area contributed by atoms with Gasteiger partial charge in [0.15, 0.2) is 0 Å². The normalized spacial score (nSPS) is 15.0. The molecule has 1 heterocycles. The molecule has 43 heavy (non-hydrogen) atoms. The third-order valence-corrected chi connectivity index (χ3v) is 8.57. The highest BCUT2D eigenvalue weighted by Crippen LogP contribution is 2.28. The van der Waals surface area contributed by atoms with Gasteiger partial charge in [-0.25, -0.2) is 0 Å². The van der Waals surface area contributed by atoms with Gasteiger partial charge < -0.3 is 9.47 Å². The van der Waals surface area contributed by atoms with Crippen LogP contribution in [0.5, 0.6) is 5.75 Å². The zero-order chi connectivity index (χ0) is 30.6. The van der Waals surface area contributed by atoms with Gasteiger partial charge in [-0.3, -0.25) is 4.99 Å². The maximum absolute atomic E-state index is 6.00. The maximum Gasteiger partial charge on any atom is 0.119 e. The molecule has 0 bridgehead atoms. The van der Waals surface area contributed by atoms with Gasteiger partial charge >= 0.3 is 0 Å². The van der Waals surface area contributed by atoms with Gasteiger partial charge in [0.25, 0.3) is 0 Å². The average Bonchev–Trinajstić information content (AvgIpc) is 3.16. The fraction of sp³-hybridized carbons (Fsp3) is 0.525. The van der Waals surface area contributed by atoms with Crippen molar-refractivity contribution in [3.8, 4) is 28.0 Å². The van der Waals surface area contributed by atoms with Crippen molar-refractivity contribution in [2.75, 3.05) is 19.8 Å². The lowest BCUT2D eigenvalue weighted by molar-refractivity contribution is 0.0971. The van der Waals surface area contributed by atoms with Gasteiger partial charge in [-0.15, -0.1) is 0 Å². The maximum atomic E-state index is 6.00. The van der Waals surface area contributed by atoms with Gasteiger partial charge in [-0.1, -0.05) is 127 Å². The Labute approximate surface area is 261 Å². The van der Waals surface area contributed by atoms with E-state index in [1.54, 1.807) is 0 Å². The Hall–Kier alpha value is -2.91. The van der Waals surface area contributed by atoms with E-state index >= 15 is 0 Å². The van der Waals surface area contributed by atoms with Crippen molar-refractivity contribution >= 4 is 5.57 Å². The van der Waals surface area contributed by atoms with Crippen LogP contribution < -0.4 is 15.3 Å². The molecule has 0 saturated carbocycles. The fourth-order valence-electron chi connectivity index (χ4n) is 6.10. The molecule has 1 unspecified atom stereocenters. The van der Waals surface area contributed by atoms with Gasteiger partial charge in [-0.05, 0) is 71.9 Å². The van der Waals surface area contributed by atoms with Gasteiger partial charge in [0.2, 0.25) is 0 Å². The summed E-state index contributed by atoms with van der Waals surface area (Å²) in [5.41, 5.74) is 7.67. The van der Waals surface area contributed by atoms with Crippen LogP contribution in [0.1, 0.15) is 98.5 Å². The van der Waals surface area contributed by atoms with Crippen LogP contribution in [0.2, 0.25) is 0 Å². The smallest absolute Gasteiger partial charge is 0.119 e. The van der Waals surface area contributed by atoms with Crippen LogP contribution in [0.4, 0.5) is 0 Å². The summed E-state index contributed by atoms with van der Waals surface area (Å²) in [6.45, 7) is 16.5. The number of ether oxygens (including phenoxy) is 2. The van der Waals surface area contributed by atoms with Crippen LogP contribution in [0.3, 0.4) is 0 Å². The van der Waals surface area contributed by atoms with Crippen molar-refractivity contribution in [3.63, 3.8) is 0 Å². The molecule has 232 valence electrons. The zero-order valence-corrected chi connectivity index (χ0v) is 27.8. The number of nitrogens with zero attached hydrogens (tertiary/aromatic N) is 1. The first kappa shape index (κ1) is 33.0. The molecular weight excluding hydrogens is 526 g/mol. The van der Waals surface area contributed by atoms with Crippen LogP contribution in [-0.4, -0.2) is 19.8 Å². The number of rotatable bonds is 16. The summed E-state index contributed by atoms with van der Waals surface area (Å²) in [5, 5.41) is 2.50. The molecule has 0 radical (unpaired) electrons. The number of unbranched alkanes of at least 4 members (excludes halogenated alkanes) is 5. The summed E-state index contributed by atoms with van der Waals surface area (Å²) in [4.78, 5) is 5.31. The molecule has 1 aliphatic rings. The molecular formula is C40H55NO2. The third kappa shape index (κ3) is 9.54. The molecule has 1 aliphatic heterocycles. The van der Waals surface area contributed by atoms with E-state index in [0.29, 0.717) is 24.4 Å². The van der Waals surface area contributed by atoms with Gasteiger partial charge in [-0.2, -0.15) is 0 Å². The molecule has 3 nitrogen and oxygen atoms in total. The second kappa shape index (κ2) is 16.8. The van der Waals surface area contributed by atoms with Crippen molar-refractivity contribution < 1.29 is 9.47 Å². The Kier molecular flexibility index (Phi) is 12.9. The van der Waals surface area contributed by atoms with Crippen molar-refractivity contribution in [2.45, 2.75) is 99.5 Å².